The fourth-order valence-corrected chi connectivity index (χ4v) is 17.6. The number of rotatable bonds is 2. The zero-order valence-electron chi connectivity index (χ0n) is 18.3. The summed E-state index contributed by atoms with van der Waals surface area (Å²) in [7, 11) is -2.97. The third-order valence-electron chi connectivity index (χ3n) is 9.23. The second-order valence-corrected chi connectivity index (χ2v) is 20.4. The number of hydrogen-bond donors (Lipinski definition) is 0. The van der Waals surface area contributed by atoms with Crippen molar-refractivity contribution in [1.82, 2.24) is 0 Å². The van der Waals surface area contributed by atoms with E-state index in [1.54, 1.807) is 0 Å². The molecule has 0 aromatic heterocycles. The summed E-state index contributed by atoms with van der Waals surface area (Å²) in [4.78, 5) is 0. The summed E-state index contributed by atoms with van der Waals surface area (Å²) in [5.41, 5.74) is 3.70. The van der Waals surface area contributed by atoms with E-state index in [0.29, 0.717) is 0 Å². The molecule has 0 nitrogen and oxygen atoms in total. The van der Waals surface area contributed by atoms with Gasteiger partial charge in [-0.05, 0) is 0 Å². The van der Waals surface area contributed by atoms with E-state index in [1.807, 2.05) is 10.6 Å². The van der Waals surface area contributed by atoms with Crippen LogP contribution in [-0.2, 0) is 0 Å². The van der Waals surface area contributed by atoms with Gasteiger partial charge in [-0.1, -0.05) is 0 Å². The van der Waals surface area contributed by atoms with E-state index in [9.17, 15) is 0 Å². The molecule has 4 atom stereocenters. The number of hydrogen-bond acceptors (Lipinski definition) is 0. The van der Waals surface area contributed by atoms with Crippen molar-refractivity contribution in [3.63, 3.8) is 0 Å². The fourth-order valence-electron chi connectivity index (χ4n) is 6.46. The molecule has 150 valence electrons. The van der Waals surface area contributed by atoms with Crippen LogP contribution in [0, 0.1) is 0 Å². The molecule has 3 rings (SSSR count). The van der Waals surface area contributed by atoms with Crippen molar-refractivity contribution in [3.05, 3.63) is 24.3 Å². The molecule has 2 heterocycles. The normalized spacial score (nSPS) is 37.2. The molecular weight excluding hydrogens is 350 g/mol. The molecule has 0 spiro atoms. The summed E-state index contributed by atoms with van der Waals surface area (Å²) in [6, 6.07) is 9.93. The molecule has 26 heavy (non-hydrogen) atoms. The summed E-state index contributed by atoms with van der Waals surface area (Å²) in [5.74, 6) is 0. The predicted molar refractivity (Wildman–Crippen MR) is 129 cm³/mol. The first-order valence-electron chi connectivity index (χ1n) is 11.4. The summed E-state index contributed by atoms with van der Waals surface area (Å²) >= 11 is 0. The first-order chi connectivity index (χ1) is 12.3. The van der Waals surface area contributed by atoms with Crippen LogP contribution < -0.4 is 10.6 Å². The third-order valence-corrected chi connectivity index (χ3v) is 22.0. The quantitative estimate of drug-likeness (QED) is 0.509. The first kappa shape index (κ1) is 20.8. The zero-order valence-corrected chi connectivity index (χ0v) is 20.3. The zero-order chi connectivity index (χ0) is 18.9. The van der Waals surface area contributed by atoms with E-state index in [4.69, 9.17) is 0 Å². The van der Waals surface area contributed by atoms with Crippen LogP contribution in [0.5, 0.6) is 0 Å². The van der Waals surface area contributed by atoms with Crippen LogP contribution in [0.25, 0.3) is 0 Å². The average Bonchev–Trinajstić information content (AvgIpc) is 2.85. The van der Waals surface area contributed by atoms with Crippen molar-refractivity contribution >= 4 is 25.1 Å². The van der Waals surface area contributed by atoms with E-state index in [0.717, 1.165) is 22.6 Å². The maximum absolute atomic E-state index is 2.76. The molecule has 1 aromatic carbocycles. The van der Waals surface area contributed by atoms with E-state index >= 15 is 0 Å². The van der Waals surface area contributed by atoms with Crippen molar-refractivity contribution in [2.45, 2.75) is 102 Å². The van der Waals surface area contributed by atoms with Crippen LogP contribution in [0.1, 0.15) is 79.1 Å². The van der Waals surface area contributed by atoms with Crippen molar-refractivity contribution in [3.8, 4) is 0 Å². The SMILES string of the molecule is C[C@@H]1CCCC[C@H](C)[PH]1(C)c1ccccc1[PH]1(C)[C@H](C)CCCC[C@@H]1C. The van der Waals surface area contributed by atoms with Gasteiger partial charge in [0.05, 0.1) is 0 Å². The van der Waals surface area contributed by atoms with Crippen LogP contribution in [-0.4, -0.2) is 36.0 Å². The molecular formula is C24H44P2. The minimum absolute atomic E-state index is 0.926. The predicted octanol–water partition coefficient (Wildman–Crippen LogP) is 6.40. The average molecular weight is 395 g/mol. The Hall–Kier alpha value is 0.0800. The summed E-state index contributed by atoms with van der Waals surface area (Å²) in [6.07, 6.45) is 11.7. The van der Waals surface area contributed by atoms with Crippen LogP contribution in [0.15, 0.2) is 24.3 Å². The van der Waals surface area contributed by atoms with Crippen LogP contribution in [0.4, 0.5) is 0 Å². The number of benzene rings is 1. The van der Waals surface area contributed by atoms with E-state index in [2.05, 4.69) is 65.3 Å². The summed E-state index contributed by atoms with van der Waals surface area (Å²) < 4.78 is 0. The molecule has 0 bridgehead atoms. The summed E-state index contributed by atoms with van der Waals surface area (Å²) in [6.45, 7) is 15.9. The van der Waals surface area contributed by atoms with Crippen LogP contribution >= 0.6 is 14.5 Å². The van der Waals surface area contributed by atoms with Gasteiger partial charge in [-0.2, -0.15) is 0 Å². The van der Waals surface area contributed by atoms with Gasteiger partial charge in [-0.15, -0.1) is 0 Å². The molecule has 0 radical (unpaired) electrons. The Morgan fingerprint density at radius 1 is 0.577 bits per heavy atom. The molecule has 2 aliphatic heterocycles. The van der Waals surface area contributed by atoms with Gasteiger partial charge in [-0.3, -0.25) is 0 Å². The molecule has 0 unspecified atom stereocenters. The van der Waals surface area contributed by atoms with Gasteiger partial charge >= 0.3 is 164 Å². The van der Waals surface area contributed by atoms with Gasteiger partial charge in [-0.25, -0.2) is 0 Å². The van der Waals surface area contributed by atoms with Crippen LogP contribution in [0.3, 0.4) is 0 Å². The molecule has 0 amide bonds. The van der Waals surface area contributed by atoms with Crippen molar-refractivity contribution < 1.29 is 0 Å². The maximum atomic E-state index is 2.76. The van der Waals surface area contributed by atoms with Gasteiger partial charge < -0.3 is 0 Å². The standard InChI is InChI=1S/C24H44P2/c1-19-13-7-8-14-20(2)25(19,5)23-17-11-12-18-24(23)26(6)21(3)15-9-10-16-22(26)4/h11-12,17-22,25-26H,7-10,13-16H2,1-6H3/t19-,20+,21-,22+. The summed E-state index contributed by atoms with van der Waals surface area (Å²) in [5, 5.41) is 3.77. The van der Waals surface area contributed by atoms with Gasteiger partial charge in [0.1, 0.15) is 0 Å². The molecule has 0 N–H and O–H groups in total. The third kappa shape index (κ3) is 3.44. The van der Waals surface area contributed by atoms with Gasteiger partial charge in [0.2, 0.25) is 0 Å². The van der Waals surface area contributed by atoms with Crippen molar-refractivity contribution in [2.24, 2.45) is 0 Å². The molecule has 2 fully saturated rings. The van der Waals surface area contributed by atoms with Gasteiger partial charge in [0.15, 0.2) is 0 Å². The Morgan fingerprint density at radius 3 is 1.12 bits per heavy atom. The van der Waals surface area contributed by atoms with Crippen molar-refractivity contribution in [1.29, 1.82) is 0 Å². The van der Waals surface area contributed by atoms with E-state index in [1.165, 1.54) is 51.4 Å². The monoisotopic (exact) mass is 394 g/mol. The van der Waals surface area contributed by atoms with Gasteiger partial charge in [0, 0.05) is 0 Å². The van der Waals surface area contributed by atoms with Gasteiger partial charge in [0.25, 0.3) is 0 Å². The Morgan fingerprint density at radius 2 is 0.846 bits per heavy atom. The second-order valence-electron chi connectivity index (χ2n) is 10.3. The second kappa shape index (κ2) is 8.21. The molecule has 2 saturated heterocycles. The Balaban J connectivity index is 2.16. The Labute approximate surface area is 164 Å². The molecule has 2 heteroatoms. The first-order valence-corrected chi connectivity index (χ1v) is 16.7. The van der Waals surface area contributed by atoms with E-state index < -0.39 is 14.5 Å². The Bertz CT molecular complexity index is 531. The molecule has 0 aliphatic carbocycles. The molecule has 1 aromatic rings. The minimum atomic E-state index is -1.49. The fraction of sp³-hybridized carbons (Fsp3) is 0.750. The molecule has 2 aliphatic rings. The molecule has 0 saturated carbocycles. The van der Waals surface area contributed by atoms with Crippen molar-refractivity contribution in [2.75, 3.05) is 13.3 Å². The Kier molecular flexibility index (Phi) is 6.57. The van der Waals surface area contributed by atoms with E-state index in [-0.39, 0.29) is 0 Å². The topological polar surface area (TPSA) is 0 Å². The van der Waals surface area contributed by atoms with Crippen LogP contribution in [0.2, 0.25) is 0 Å².